The Hall–Kier alpha value is -0.870. The molecule has 66 valence electrons. The summed E-state index contributed by atoms with van der Waals surface area (Å²) in [4.78, 5) is 0. The molecule has 1 aliphatic heterocycles. The molecule has 2 rings (SSSR count). The number of aromatic amines is 1. The minimum Gasteiger partial charge on any atom is -0.388 e. The van der Waals surface area contributed by atoms with Gasteiger partial charge in [0.05, 0.1) is 18.9 Å². The van der Waals surface area contributed by atoms with E-state index < -0.39 is 6.10 Å². The van der Waals surface area contributed by atoms with E-state index in [0.717, 1.165) is 18.6 Å². The summed E-state index contributed by atoms with van der Waals surface area (Å²) in [5.41, 5.74) is 0.852. The van der Waals surface area contributed by atoms with Crippen molar-refractivity contribution in [3.63, 3.8) is 0 Å². The molecular formula is C8H12N2O2. The van der Waals surface area contributed by atoms with Gasteiger partial charge in [0.15, 0.2) is 0 Å². The highest BCUT2D eigenvalue weighted by atomic mass is 16.5. The van der Waals surface area contributed by atoms with Gasteiger partial charge in [-0.25, -0.2) is 0 Å². The van der Waals surface area contributed by atoms with Gasteiger partial charge >= 0.3 is 0 Å². The lowest BCUT2D eigenvalue weighted by atomic mass is 9.98. The second-order valence-electron chi connectivity index (χ2n) is 3.10. The molecule has 0 spiro atoms. The van der Waals surface area contributed by atoms with Crippen LogP contribution in [0.5, 0.6) is 0 Å². The Morgan fingerprint density at radius 2 is 2.67 bits per heavy atom. The molecule has 2 N–H and O–H groups in total. The van der Waals surface area contributed by atoms with Gasteiger partial charge in [-0.1, -0.05) is 0 Å². The van der Waals surface area contributed by atoms with Gasteiger partial charge in [-0.3, -0.25) is 5.10 Å². The number of aliphatic hydroxyl groups is 1. The van der Waals surface area contributed by atoms with Crippen LogP contribution in [0.1, 0.15) is 18.1 Å². The van der Waals surface area contributed by atoms with Crippen LogP contribution < -0.4 is 0 Å². The van der Waals surface area contributed by atoms with E-state index >= 15 is 0 Å². The normalized spacial score (nSPS) is 25.9. The fraction of sp³-hybridized carbons (Fsp3) is 0.625. The van der Waals surface area contributed by atoms with Gasteiger partial charge in [0, 0.05) is 24.3 Å². The lowest BCUT2D eigenvalue weighted by Gasteiger charge is -2.13. The van der Waals surface area contributed by atoms with Gasteiger partial charge in [-0.15, -0.1) is 0 Å². The van der Waals surface area contributed by atoms with Crippen LogP contribution >= 0.6 is 0 Å². The Kier molecular flexibility index (Phi) is 2.10. The van der Waals surface area contributed by atoms with Crippen molar-refractivity contribution in [2.75, 3.05) is 13.2 Å². The van der Waals surface area contributed by atoms with E-state index in [2.05, 4.69) is 10.2 Å². The first kappa shape index (κ1) is 7.76. The first-order valence-electron chi connectivity index (χ1n) is 4.12. The van der Waals surface area contributed by atoms with Crippen molar-refractivity contribution in [2.24, 2.45) is 5.92 Å². The van der Waals surface area contributed by atoms with Gasteiger partial charge in [0.1, 0.15) is 0 Å². The van der Waals surface area contributed by atoms with Gasteiger partial charge in [-0.2, -0.15) is 5.10 Å². The fourth-order valence-corrected chi connectivity index (χ4v) is 1.50. The second kappa shape index (κ2) is 3.25. The Labute approximate surface area is 70.6 Å². The van der Waals surface area contributed by atoms with Crippen molar-refractivity contribution in [1.82, 2.24) is 10.2 Å². The summed E-state index contributed by atoms with van der Waals surface area (Å²) in [5, 5.41) is 16.2. The van der Waals surface area contributed by atoms with E-state index in [1.807, 2.05) is 0 Å². The summed E-state index contributed by atoms with van der Waals surface area (Å²) in [6.45, 7) is 1.42. The first-order chi connectivity index (χ1) is 5.88. The van der Waals surface area contributed by atoms with Crippen molar-refractivity contribution >= 4 is 0 Å². The smallest absolute Gasteiger partial charge is 0.0871 e. The minimum atomic E-state index is -0.425. The summed E-state index contributed by atoms with van der Waals surface area (Å²) in [5.74, 6) is 0.239. The summed E-state index contributed by atoms with van der Waals surface area (Å²) in [6, 6.07) is 0. The maximum absolute atomic E-state index is 9.77. The lowest BCUT2D eigenvalue weighted by molar-refractivity contribution is 0.0918. The Bertz CT molecular complexity index is 229. The predicted octanol–water partition coefficient (Wildman–Crippen LogP) is 0.480. The standard InChI is InChI=1S/C8H12N2O2/c11-8(6-1-2-12-5-6)7-3-9-10-4-7/h3-4,6,8,11H,1-2,5H2,(H,9,10). The highest BCUT2D eigenvalue weighted by Gasteiger charge is 2.25. The molecule has 1 fully saturated rings. The number of hydrogen-bond acceptors (Lipinski definition) is 3. The zero-order chi connectivity index (χ0) is 8.39. The number of hydrogen-bond donors (Lipinski definition) is 2. The largest absolute Gasteiger partial charge is 0.388 e. The average Bonchev–Trinajstić information content (AvgIpc) is 2.77. The molecule has 1 saturated heterocycles. The predicted molar refractivity (Wildman–Crippen MR) is 42.5 cm³/mol. The first-order valence-corrected chi connectivity index (χ1v) is 4.12. The molecule has 0 aliphatic carbocycles. The zero-order valence-electron chi connectivity index (χ0n) is 6.73. The number of nitrogens with one attached hydrogen (secondary N) is 1. The minimum absolute atomic E-state index is 0.239. The Morgan fingerprint density at radius 3 is 3.25 bits per heavy atom. The third kappa shape index (κ3) is 1.35. The topological polar surface area (TPSA) is 58.1 Å². The molecule has 2 atom stereocenters. The van der Waals surface area contributed by atoms with Crippen LogP contribution in [0.25, 0.3) is 0 Å². The monoisotopic (exact) mass is 168 g/mol. The molecule has 2 unspecified atom stereocenters. The van der Waals surface area contributed by atoms with Crippen LogP contribution in [0.4, 0.5) is 0 Å². The van der Waals surface area contributed by atoms with E-state index in [-0.39, 0.29) is 5.92 Å². The molecule has 0 bridgehead atoms. The Morgan fingerprint density at radius 1 is 1.75 bits per heavy atom. The van der Waals surface area contributed by atoms with Crippen LogP contribution in [-0.4, -0.2) is 28.5 Å². The number of nitrogens with zero attached hydrogens (tertiary/aromatic N) is 1. The van der Waals surface area contributed by atoms with Crippen LogP contribution in [-0.2, 0) is 4.74 Å². The number of ether oxygens (including phenoxy) is 1. The van der Waals surface area contributed by atoms with E-state index in [4.69, 9.17) is 4.74 Å². The molecule has 1 aromatic rings. The van der Waals surface area contributed by atoms with Crippen molar-refractivity contribution in [1.29, 1.82) is 0 Å². The number of H-pyrrole nitrogens is 1. The van der Waals surface area contributed by atoms with E-state index in [9.17, 15) is 5.11 Å². The molecule has 4 nitrogen and oxygen atoms in total. The molecule has 0 aromatic carbocycles. The molecule has 0 saturated carbocycles. The SMILES string of the molecule is OC(c1cn[nH]c1)C1CCOC1. The molecule has 0 amide bonds. The molecule has 2 heterocycles. The number of aliphatic hydroxyl groups excluding tert-OH is 1. The molecule has 1 aliphatic rings. The van der Waals surface area contributed by atoms with Crippen LogP contribution in [0, 0.1) is 5.92 Å². The van der Waals surface area contributed by atoms with Crippen molar-refractivity contribution in [2.45, 2.75) is 12.5 Å². The highest BCUT2D eigenvalue weighted by Crippen LogP contribution is 2.27. The number of rotatable bonds is 2. The summed E-state index contributed by atoms with van der Waals surface area (Å²) >= 11 is 0. The van der Waals surface area contributed by atoms with Crippen LogP contribution in [0.15, 0.2) is 12.4 Å². The second-order valence-corrected chi connectivity index (χ2v) is 3.10. The van der Waals surface area contributed by atoms with E-state index in [0.29, 0.717) is 6.61 Å². The maximum atomic E-state index is 9.77. The molecule has 0 radical (unpaired) electrons. The summed E-state index contributed by atoms with van der Waals surface area (Å²) in [6.07, 6.45) is 3.89. The number of aromatic nitrogens is 2. The van der Waals surface area contributed by atoms with Gasteiger partial charge in [-0.05, 0) is 6.42 Å². The molecular weight excluding hydrogens is 156 g/mol. The van der Waals surface area contributed by atoms with E-state index in [1.54, 1.807) is 12.4 Å². The average molecular weight is 168 g/mol. The van der Waals surface area contributed by atoms with E-state index in [1.165, 1.54) is 0 Å². The van der Waals surface area contributed by atoms with Gasteiger partial charge in [0.25, 0.3) is 0 Å². The lowest BCUT2D eigenvalue weighted by Crippen LogP contribution is -2.11. The third-order valence-corrected chi connectivity index (χ3v) is 2.27. The summed E-state index contributed by atoms with van der Waals surface area (Å²) in [7, 11) is 0. The Balaban J connectivity index is 2.04. The van der Waals surface area contributed by atoms with Crippen molar-refractivity contribution in [3.8, 4) is 0 Å². The third-order valence-electron chi connectivity index (χ3n) is 2.27. The van der Waals surface area contributed by atoms with Crippen molar-refractivity contribution in [3.05, 3.63) is 18.0 Å². The van der Waals surface area contributed by atoms with Crippen molar-refractivity contribution < 1.29 is 9.84 Å². The van der Waals surface area contributed by atoms with Crippen LogP contribution in [0.3, 0.4) is 0 Å². The summed E-state index contributed by atoms with van der Waals surface area (Å²) < 4.78 is 5.19. The van der Waals surface area contributed by atoms with Gasteiger partial charge < -0.3 is 9.84 Å². The maximum Gasteiger partial charge on any atom is 0.0871 e. The molecule has 1 aromatic heterocycles. The quantitative estimate of drug-likeness (QED) is 0.675. The van der Waals surface area contributed by atoms with Gasteiger partial charge in [0.2, 0.25) is 0 Å². The zero-order valence-corrected chi connectivity index (χ0v) is 6.73. The molecule has 4 heteroatoms. The molecule has 12 heavy (non-hydrogen) atoms. The van der Waals surface area contributed by atoms with Crippen LogP contribution in [0.2, 0.25) is 0 Å². The fourth-order valence-electron chi connectivity index (χ4n) is 1.50. The highest BCUT2D eigenvalue weighted by molar-refractivity contribution is 5.08.